The Morgan fingerprint density at radius 3 is 2.19 bits per heavy atom. The molecule has 0 rings (SSSR count). The van der Waals surface area contributed by atoms with Crippen LogP contribution in [0.5, 0.6) is 0 Å². The van der Waals surface area contributed by atoms with Crippen LogP contribution in [0.4, 0.5) is 0 Å². The second kappa shape index (κ2) is 6.18. The Hall–Kier alpha value is -1.48. The molecule has 3 N–H and O–H groups in total. The summed E-state index contributed by atoms with van der Waals surface area (Å²) in [6.45, 7) is -0.639. The molecule has 0 aromatic rings. The van der Waals surface area contributed by atoms with Crippen LogP contribution in [-0.2, 0) is 24.5 Å². The number of hydrogen-bond donors (Lipinski definition) is 3. The minimum Gasteiger partial charge on any atom is -0.475 e. The Morgan fingerprint density at radius 2 is 1.75 bits per heavy atom. The number of carboxylic acid groups (broad SMARTS) is 1. The summed E-state index contributed by atoms with van der Waals surface area (Å²) in [4.78, 5) is 31.5. The van der Waals surface area contributed by atoms with Gasteiger partial charge in [-0.25, -0.2) is 4.79 Å². The highest BCUT2D eigenvalue weighted by molar-refractivity contribution is 7.85. The number of aliphatic carboxylic acids is 1. The third-order valence-corrected chi connectivity index (χ3v) is 2.30. The van der Waals surface area contributed by atoms with Crippen LogP contribution in [0, 0.1) is 0 Å². The summed E-state index contributed by atoms with van der Waals surface area (Å²) in [5, 5.41) is 10.2. The lowest BCUT2D eigenvalue weighted by Gasteiger charge is -2.01. The van der Waals surface area contributed by atoms with Crippen molar-refractivity contribution in [2.24, 2.45) is 0 Å². The van der Waals surface area contributed by atoms with Gasteiger partial charge in [0.25, 0.3) is 15.9 Å². The zero-order valence-electron chi connectivity index (χ0n) is 8.17. The second-order valence-electron chi connectivity index (χ2n) is 2.89. The van der Waals surface area contributed by atoms with Gasteiger partial charge >= 0.3 is 5.97 Å². The first-order valence-electron chi connectivity index (χ1n) is 4.20. The molecule has 1 amide bonds. The van der Waals surface area contributed by atoms with E-state index in [1.807, 2.05) is 5.32 Å². The van der Waals surface area contributed by atoms with Crippen LogP contribution in [0.15, 0.2) is 0 Å². The molecule has 16 heavy (non-hydrogen) atoms. The van der Waals surface area contributed by atoms with Crippen molar-refractivity contribution in [2.75, 3.05) is 12.3 Å². The summed E-state index contributed by atoms with van der Waals surface area (Å²) in [6, 6.07) is 0. The molecule has 0 fully saturated rings. The molecule has 0 atom stereocenters. The standard InChI is InChI=1S/C7H11NO7S/c9-5(7(11)12)4-8-6(10)2-1-3-16(13,14)15/h1-4H2,(H,8,10)(H,11,12)(H,13,14,15). The lowest BCUT2D eigenvalue weighted by atomic mass is 10.3. The number of carbonyl (C=O) groups excluding carboxylic acids is 2. The fourth-order valence-electron chi connectivity index (χ4n) is 0.758. The SMILES string of the molecule is O=C(CCCS(=O)(=O)O)NCC(=O)C(=O)O. The number of carbonyl (C=O) groups is 3. The molecule has 0 saturated heterocycles. The Bertz CT molecular complexity index is 386. The molecule has 0 aromatic carbocycles. The van der Waals surface area contributed by atoms with Crippen molar-refractivity contribution in [3.8, 4) is 0 Å². The van der Waals surface area contributed by atoms with E-state index in [0.29, 0.717) is 0 Å². The van der Waals surface area contributed by atoms with Crippen LogP contribution in [-0.4, -0.2) is 48.0 Å². The van der Waals surface area contributed by atoms with Crippen molar-refractivity contribution in [1.29, 1.82) is 0 Å². The molecule has 0 aliphatic rings. The Balaban J connectivity index is 3.76. The first-order valence-corrected chi connectivity index (χ1v) is 5.81. The lowest BCUT2D eigenvalue weighted by Crippen LogP contribution is -2.33. The van der Waals surface area contributed by atoms with E-state index in [4.69, 9.17) is 9.66 Å². The summed E-state index contributed by atoms with van der Waals surface area (Å²) in [7, 11) is -4.11. The van der Waals surface area contributed by atoms with Gasteiger partial charge in [-0.2, -0.15) is 8.42 Å². The number of ketones is 1. The first kappa shape index (κ1) is 14.5. The molecule has 0 aromatic heterocycles. The van der Waals surface area contributed by atoms with Crippen LogP contribution >= 0.6 is 0 Å². The van der Waals surface area contributed by atoms with E-state index in [2.05, 4.69) is 0 Å². The van der Waals surface area contributed by atoms with E-state index in [-0.39, 0.29) is 12.8 Å². The molecule has 0 radical (unpaired) electrons. The van der Waals surface area contributed by atoms with E-state index >= 15 is 0 Å². The summed E-state index contributed by atoms with van der Waals surface area (Å²) in [6.07, 6.45) is -0.321. The molecular formula is C7H11NO7S. The molecule has 92 valence electrons. The molecule has 8 nitrogen and oxygen atoms in total. The van der Waals surface area contributed by atoms with Gasteiger partial charge in [-0.05, 0) is 6.42 Å². The van der Waals surface area contributed by atoms with Crippen LogP contribution in [0.3, 0.4) is 0 Å². The maximum Gasteiger partial charge on any atom is 0.374 e. The van der Waals surface area contributed by atoms with Gasteiger partial charge in [0.15, 0.2) is 0 Å². The number of Topliss-reactive ketones (excluding diaryl/α,β-unsaturated/α-hetero) is 1. The second-order valence-corrected chi connectivity index (χ2v) is 4.47. The van der Waals surface area contributed by atoms with Gasteiger partial charge in [-0.15, -0.1) is 0 Å². The van der Waals surface area contributed by atoms with E-state index in [9.17, 15) is 22.8 Å². The largest absolute Gasteiger partial charge is 0.475 e. The number of hydrogen-bond acceptors (Lipinski definition) is 5. The van der Waals surface area contributed by atoms with E-state index < -0.39 is 40.1 Å². The van der Waals surface area contributed by atoms with Crippen LogP contribution in [0.25, 0.3) is 0 Å². The van der Waals surface area contributed by atoms with Gasteiger partial charge in [0.05, 0.1) is 12.3 Å². The van der Waals surface area contributed by atoms with E-state index in [1.54, 1.807) is 0 Å². The lowest BCUT2D eigenvalue weighted by molar-refractivity contribution is -0.148. The predicted molar refractivity (Wildman–Crippen MR) is 51.3 cm³/mol. The van der Waals surface area contributed by atoms with Gasteiger partial charge in [0, 0.05) is 6.42 Å². The third-order valence-electron chi connectivity index (χ3n) is 1.49. The van der Waals surface area contributed by atoms with Gasteiger partial charge in [-0.1, -0.05) is 0 Å². The molecular weight excluding hydrogens is 242 g/mol. The molecule has 0 aliphatic heterocycles. The minimum atomic E-state index is -4.11. The Morgan fingerprint density at radius 1 is 1.19 bits per heavy atom. The maximum atomic E-state index is 10.9. The zero-order valence-corrected chi connectivity index (χ0v) is 8.99. The van der Waals surface area contributed by atoms with Crippen molar-refractivity contribution in [2.45, 2.75) is 12.8 Å². The average Bonchev–Trinajstić information content (AvgIpc) is 2.11. The fourth-order valence-corrected chi connectivity index (χ4v) is 1.27. The van der Waals surface area contributed by atoms with Crippen LogP contribution in [0.1, 0.15) is 12.8 Å². The van der Waals surface area contributed by atoms with Crippen molar-refractivity contribution >= 4 is 27.8 Å². The number of amides is 1. The minimum absolute atomic E-state index is 0.105. The summed E-state index contributed by atoms with van der Waals surface area (Å²) in [5.41, 5.74) is 0. The van der Waals surface area contributed by atoms with Gasteiger partial charge < -0.3 is 10.4 Å². The average molecular weight is 253 g/mol. The fraction of sp³-hybridized carbons (Fsp3) is 0.571. The van der Waals surface area contributed by atoms with Gasteiger partial charge in [-0.3, -0.25) is 14.1 Å². The summed E-state index contributed by atoms with van der Waals surface area (Å²) >= 11 is 0. The van der Waals surface area contributed by atoms with E-state index in [1.165, 1.54) is 0 Å². The summed E-state index contributed by atoms with van der Waals surface area (Å²) in [5.74, 6) is -4.03. The van der Waals surface area contributed by atoms with E-state index in [0.717, 1.165) is 0 Å². The molecule has 9 heteroatoms. The maximum absolute atomic E-state index is 10.9. The number of rotatable bonds is 7. The first-order chi connectivity index (χ1) is 7.22. The smallest absolute Gasteiger partial charge is 0.374 e. The molecule has 0 aliphatic carbocycles. The third kappa shape index (κ3) is 7.88. The highest BCUT2D eigenvalue weighted by Gasteiger charge is 2.13. The number of carboxylic acids is 1. The van der Waals surface area contributed by atoms with Crippen molar-refractivity contribution < 1.29 is 32.5 Å². The Labute approximate surface area is 91.4 Å². The van der Waals surface area contributed by atoms with Crippen LogP contribution < -0.4 is 5.32 Å². The molecule has 0 heterocycles. The van der Waals surface area contributed by atoms with Gasteiger partial charge in [0.2, 0.25) is 5.91 Å². The quantitative estimate of drug-likeness (QED) is 0.368. The summed E-state index contributed by atoms with van der Waals surface area (Å²) < 4.78 is 28.9. The van der Waals surface area contributed by atoms with Crippen molar-refractivity contribution in [1.82, 2.24) is 5.32 Å². The van der Waals surface area contributed by atoms with Crippen LogP contribution in [0.2, 0.25) is 0 Å². The number of nitrogens with one attached hydrogen (secondary N) is 1. The van der Waals surface area contributed by atoms with Crippen molar-refractivity contribution in [3.63, 3.8) is 0 Å². The Kier molecular flexibility index (Phi) is 5.61. The molecule has 0 bridgehead atoms. The topological polar surface area (TPSA) is 138 Å². The highest BCUT2D eigenvalue weighted by atomic mass is 32.2. The monoisotopic (exact) mass is 253 g/mol. The van der Waals surface area contributed by atoms with Gasteiger partial charge in [0.1, 0.15) is 0 Å². The van der Waals surface area contributed by atoms with Crippen molar-refractivity contribution in [3.05, 3.63) is 0 Å². The molecule has 0 unspecified atom stereocenters. The zero-order chi connectivity index (χ0) is 12.8. The molecule has 0 spiro atoms. The normalized spacial score (nSPS) is 10.8. The predicted octanol–water partition coefficient (Wildman–Crippen LogP) is -1.58. The highest BCUT2D eigenvalue weighted by Crippen LogP contribution is 1.93. The molecule has 0 saturated carbocycles.